The Morgan fingerprint density at radius 3 is 2.22 bits per heavy atom. The topological polar surface area (TPSA) is 49.4 Å². The Hall–Kier alpha value is -1.26. The molecule has 4 nitrogen and oxygen atoms in total. The van der Waals surface area contributed by atoms with E-state index in [0.717, 1.165) is 38.8 Å². The standard InChI is InChI=1S/C17H22Cl2N2O2/c1-17(2,16(23)21-9-5-3-4-6-10-21)15(22)20-12-7-8-13(18)14(19)11-12/h7-8,11H,3-6,9-10H2,1-2H3,(H,20,22). The molecule has 0 atom stereocenters. The summed E-state index contributed by atoms with van der Waals surface area (Å²) in [5.74, 6) is -0.470. The molecule has 126 valence electrons. The third kappa shape index (κ3) is 4.39. The van der Waals surface area contributed by atoms with Gasteiger partial charge in [0, 0.05) is 18.8 Å². The molecule has 0 spiro atoms. The van der Waals surface area contributed by atoms with Crippen molar-refractivity contribution in [2.24, 2.45) is 5.41 Å². The van der Waals surface area contributed by atoms with Gasteiger partial charge in [-0.1, -0.05) is 36.0 Å². The maximum absolute atomic E-state index is 12.7. The van der Waals surface area contributed by atoms with Crippen molar-refractivity contribution in [3.8, 4) is 0 Å². The molecule has 1 fully saturated rings. The summed E-state index contributed by atoms with van der Waals surface area (Å²) in [4.78, 5) is 27.1. The summed E-state index contributed by atoms with van der Waals surface area (Å²) >= 11 is 11.8. The van der Waals surface area contributed by atoms with Gasteiger partial charge < -0.3 is 10.2 Å². The van der Waals surface area contributed by atoms with Gasteiger partial charge in [-0.3, -0.25) is 9.59 Å². The minimum absolute atomic E-state index is 0.128. The van der Waals surface area contributed by atoms with Gasteiger partial charge in [-0.15, -0.1) is 0 Å². The van der Waals surface area contributed by atoms with Crippen LogP contribution in [0.5, 0.6) is 0 Å². The summed E-state index contributed by atoms with van der Waals surface area (Å²) in [6.45, 7) is 4.77. The molecule has 0 aliphatic carbocycles. The van der Waals surface area contributed by atoms with Gasteiger partial charge in [0.1, 0.15) is 5.41 Å². The molecule has 6 heteroatoms. The first-order valence-corrected chi connectivity index (χ1v) is 8.64. The van der Waals surface area contributed by atoms with Crippen LogP contribution >= 0.6 is 23.2 Å². The minimum Gasteiger partial charge on any atom is -0.342 e. The van der Waals surface area contributed by atoms with Gasteiger partial charge in [0.25, 0.3) is 0 Å². The first-order valence-electron chi connectivity index (χ1n) is 7.88. The Morgan fingerprint density at radius 1 is 1.04 bits per heavy atom. The second kappa shape index (κ2) is 7.54. The first-order chi connectivity index (χ1) is 10.8. The van der Waals surface area contributed by atoms with Crippen molar-refractivity contribution >= 4 is 40.7 Å². The fourth-order valence-electron chi connectivity index (χ4n) is 2.63. The van der Waals surface area contributed by atoms with Crippen molar-refractivity contribution in [1.29, 1.82) is 0 Å². The minimum atomic E-state index is -1.13. The summed E-state index contributed by atoms with van der Waals surface area (Å²) in [6.07, 6.45) is 4.27. The van der Waals surface area contributed by atoms with Crippen molar-refractivity contribution in [3.05, 3.63) is 28.2 Å². The highest BCUT2D eigenvalue weighted by molar-refractivity contribution is 6.42. The molecular formula is C17H22Cl2N2O2. The number of nitrogens with zero attached hydrogens (tertiary/aromatic N) is 1. The lowest BCUT2D eigenvalue weighted by Gasteiger charge is -2.30. The van der Waals surface area contributed by atoms with E-state index in [-0.39, 0.29) is 11.8 Å². The SMILES string of the molecule is CC(C)(C(=O)Nc1ccc(Cl)c(Cl)c1)C(=O)N1CCCCCC1. The molecule has 1 heterocycles. The maximum Gasteiger partial charge on any atom is 0.239 e. The molecule has 1 aliphatic heterocycles. The predicted octanol–water partition coefficient (Wildman–Crippen LogP) is 4.36. The van der Waals surface area contributed by atoms with Crippen molar-refractivity contribution < 1.29 is 9.59 Å². The van der Waals surface area contributed by atoms with E-state index in [9.17, 15) is 9.59 Å². The van der Waals surface area contributed by atoms with Gasteiger partial charge in [-0.2, -0.15) is 0 Å². The number of halogens is 2. The number of carbonyl (C=O) groups excluding carboxylic acids is 2. The van der Waals surface area contributed by atoms with Crippen LogP contribution < -0.4 is 5.32 Å². The molecule has 2 rings (SSSR count). The lowest BCUT2D eigenvalue weighted by molar-refractivity contribution is -0.146. The average Bonchev–Trinajstić information content (AvgIpc) is 2.79. The van der Waals surface area contributed by atoms with E-state index in [4.69, 9.17) is 23.2 Å². The lowest BCUT2D eigenvalue weighted by atomic mass is 9.90. The highest BCUT2D eigenvalue weighted by atomic mass is 35.5. The molecule has 23 heavy (non-hydrogen) atoms. The van der Waals surface area contributed by atoms with Crippen molar-refractivity contribution in [2.75, 3.05) is 18.4 Å². The van der Waals surface area contributed by atoms with E-state index in [1.807, 2.05) is 0 Å². The molecule has 0 unspecified atom stereocenters. The fraction of sp³-hybridized carbons (Fsp3) is 0.529. The van der Waals surface area contributed by atoms with Crippen molar-refractivity contribution in [1.82, 2.24) is 4.90 Å². The Balaban J connectivity index is 2.08. The normalized spacial score (nSPS) is 15.9. The van der Waals surface area contributed by atoms with Gasteiger partial charge in [0.05, 0.1) is 10.0 Å². The lowest BCUT2D eigenvalue weighted by Crippen LogP contribution is -2.47. The summed E-state index contributed by atoms with van der Waals surface area (Å²) in [5, 5.41) is 3.54. The first kappa shape index (κ1) is 18.1. The number of likely N-dealkylation sites (tertiary alicyclic amines) is 1. The van der Waals surface area contributed by atoms with Crippen LogP contribution in [0.4, 0.5) is 5.69 Å². The van der Waals surface area contributed by atoms with E-state index in [1.165, 1.54) is 0 Å². The monoisotopic (exact) mass is 356 g/mol. The zero-order chi connectivity index (χ0) is 17.0. The van der Waals surface area contributed by atoms with Crippen LogP contribution in [-0.4, -0.2) is 29.8 Å². The number of carbonyl (C=O) groups is 2. The Labute approximate surface area is 147 Å². The summed E-state index contributed by atoms with van der Waals surface area (Å²) in [6, 6.07) is 4.86. The van der Waals surface area contributed by atoms with E-state index in [1.54, 1.807) is 36.9 Å². The number of rotatable bonds is 3. The van der Waals surface area contributed by atoms with E-state index in [2.05, 4.69) is 5.32 Å². The zero-order valence-electron chi connectivity index (χ0n) is 13.5. The van der Waals surface area contributed by atoms with Gasteiger partial charge >= 0.3 is 0 Å². The highest BCUT2D eigenvalue weighted by Gasteiger charge is 2.39. The third-order valence-corrected chi connectivity index (χ3v) is 4.91. The Kier molecular flexibility index (Phi) is 5.93. The van der Waals surface area contributed by atoms with Gasteiger partial charge in [-0.05, 0) is 44.9 Å². The van der Waals surface area contributed by atoms with Crippen molar-refractivity contribution in [3.63, 3.8) is 0 Å². The molecular weight excluding hydrogens is 335 g/mol. The second-order valence-electron chi connectivity index (χ2n) is 6.41. The Morgan fingerprint density at radius 2 is 1.65 bits per heavy atom. The molecule has 1 aliphatic rings. The largest absolute Gasteiger partial charge is 0.342 e. The smallest absolute Gasteiger partial charge is 0.239 e. The Bertz CT molecular complexity index is 594. The highest BCUT2D eigenvalue weighted by Crippen LogP contribution is 2.28. The quantitative estimate of drug-likeness (QED) is 0.817. The van der Waals surface area contributed by atoms with Crippen LogP contribution in [0.1, 0.15) is 39.5 Å². The van der Waals surface area contributed by atoms with Crippen LogP contribution in [0.3, 0.4) is 0 Å². The maximum atomic E-state index is 12.7. The molecule has 1 saturated heterocycles. The van der Waals surface area contributed by atoms with Crippen LogP contribution in [0.2, 0.25) is 10.0 Å². The second-order valence-corrected chi connectivity index (χ2v) is 7.23. The van der Waals surface area contributed by atoms with Gasteiger partial charge in [0.2, 0.25) is 11.8 Å². The predicted molar refractivity (Wildman–Crippen MR) is 93.9 cm³/mol. The fourth-order valence-corrected chi connectivity index (χ4v) is 2.93. The summed E-state index contributed by atoms with van der Waals surface area (Å²) < 4.78 is 0. The number of nitrogens with one attached hydrogen (secondary N) is 1. The zero-order valence-corrected chi connectivity index (χ0v) is 15.0. The van der Waals surface area contributed by atoms with E-state index < -0.39 is 5.41 Å². The van der Waals surface area contributed by atoms with E-state index in [0.29, 0.717) is 15.7 Å². The number of hydrogen-bond donors (Lipinski definition) is 1. The number of hydrogen-bond acceptors (Lipinski definition) is 2. The molecule has 2 amide bonds. The van der Waals surface area contributed by atoms with Gasteiger partial charge in [0.15, 0.2) is 0 Å². The molecule has 1 aromatic rings. The summed E-state index contributed by atoms with van der Waals surface area (Å²) in [7, 11) is 0. The summed E-state index contributed by atoms with van der Waals surface area (Å²) in [5.41, 5.74) is -0.600. The van der Waals surface area contributed by atoms with Crippen LogP contribution in [0, 0.1) is 5.41 Å². The average molecular weight is 357 g/mol. The molecule has 1 aromatic carbocycles. The van der Waals surface area contributed by atoms with E-state index >= 15 is 0 Å². The molecule has 1 N–H and O–H groups in total. The molecule has 0 radical (unpaired) electrons. The molecule has 0 saturated carbocycles. The number of amides is 2. The van der Waals surface area contributed by atoms with Crippen molar-refractivity contribution in [2.45, 2.75) is 39.5 Å². The van der Waals surface area contributed by atoms with Crippen LogP contribution in [0.25, 0.3) is 0 Å². The van der Waals surface area contributed by atoms with Crippen LogP contribution in [0.15, 0.2) is 18.2 Å². The van der Waals surface area contributed by atoms with Crippen LogP contribution in [-0.2, 0) is 9.59 Å². The number of benzene rings is 1. The van der Waals surface area contributed by atoms with Gasteiger partial charge in [-0.25, -0.2) is 0 Å². The molecule has 0 bridgehead atoms. The third-order valence-electron chi connectivity index (χ3n) is 4.17. The molecule has 0 aromatic heterocycles. The number of anilines is 1.